The van der Waals surface area contributed by atoms with Gasteiger partial charge in [0.15, 0.2) is 0 Å². The Morgan fingerprint density at radius 3 is 2.68 bits per heavy atom. The predicted molar refractivity (Wildman–Crippen MR) is 125 cm³/mol. The van der Waals surface area contributed by atoms with Crippen LogP contribution in [0.25, 0.3) is 10.9 Å². The topological polar surface area (TPSA) is 136 Å². The molecular formula is C25H27N3O6. The molecule has 0 radical (unpaired) electrons. The molecule has 5 rings (SSSR count). The third-order valence-electron chi connectivity index (χ3n) is 6.12. The molecule has 2 aliphatic heterocycles. The lowest BCUT2D eigenvalue weighted by molar-refractivity contribution is -0.144. The number of rotatable bonds is 6. The third-order valence-corrected chi connectivity index (χ3v) is 6.12. The number of carboxylic acid groups (broad SMARTS) is 1. The molecule has 0 spiro atoms. The number of nitrogens with two attached hydrogens (primary N) is 1. The van der Waals surface area contributed by atoms with Crippen molar-refractivity contribution >= 4 is 22.6 Å². The third kappa shape index (κ3) is 5.01. The van der Waals surface area contributed by atoms with Crippen LogP contribution in [0.2, 0.25) is 0 Å². The number of aliphatic carboxylic acids is 1. The number of aromatic nitrogens is 1. The molecule has 4 N–H and O–H groups in total. The van der Waals surface area contributed by atoms with Gasteiger partial charge in [-0.1, -0.05) is 23.4 Å². The molecule has 2 aliphatic rings. The molecule has 1 aromatic heterocycles. The Morgan fingerprint density at radius 1 is 1.15 bits per heavy atom. The molecule has 1 saturated heterocycles. The number of carbonyl (C=O) groups is 1. The number of fused-ring (bicyclic) bond motifs is 1. The molecule has 34 heavy (non-hydrogen) atoms. The summed E-state index contributed by atoms with van der Waals surface area (Å²) in [6.45, 7) is 3.06. The summed E-state index contributed by atoms with van der Waals surface area (Å²) in [7, 11) is 0. The van der Waals surface area contributed by atoms with Gasteiger partial charge in [0.1, 0.15) is 18.5 Å². The highest BCUT2D eigenvalue weighted by atomic mass is 16.6. The van der Waals surface area contributed by atoms with E-state index in [1.54, 1.807) is 0 Å². The van der Waals surface area contributed by atoms with Crippen molar-refractivity contribution < 1.29 is 29.4 Å². The zero-order valence-corrected chi connectivity index (χ0v) is 18.8. The lowest BCUT2D eigenvalue weighted by Gasteiger charge is -2.18. The summed E-state index contributed by atoms with van der Waals surface area (Å²) in [6, 6.07) is 17.9. The first kappa shape index (κ1) is 23.6. The van der Waals surface area contributed by atoms with E-state index in [0.717, 1.165) is 39.2 Å². The molecule has 1 fully saturated rings. The summed E-state index contributed by atoms with van der Waals surface area (Å²) < 4.78 is 11.4. The maximum Gasteiger partial charge on any atom is 0.309 e. The standard InChI is InChI=1S/C25H24N2O5.H3NO/c1-15-10-17(19-4-2-3-5-22(19)26-15)12-31-18-8-6-16(7-9-18)23-11-24(32-27-23)20-13-30-14-21(20)25(28)29;1-2/h2-10,20-21,24H,11-14H2,1H3,(H,28,29);2H,1H2. The van der Waals surface area contributed by atoms with Gasteiger partial charge in [-0.05, 0) is 48.9 Å². The first-order valence-corrected chi connectivity index (χ1v) is 11.0. The number of hydrogen-bond donors (Lipinski definition) is 3. The van der Waals surface area contributed by atoms with Gasteiger partial charge in [0.2, 0.25) is 0 Å². The van der Waals surface area contributed by atoms with Gasteiger partial charge in [-0.2, -0.15) is 0 Å². The number of aryl methyl sites for hydroxylation is 1. The first-order valence-electron chi connectivity index (χ1n) is 11.0. The van der Waals surface area contributed by atoms with Gasteiger partial charge in [-0.15, -0.1) is 0 Å². The number of para-hydroxylation sites is 1. The molecule has 0 aliphatic carbocycles. The zero-order valence-electron chi connectivity index (χ0n) is 18.8. The fraction of sp³-hybridized carbons (Fsp3) is 0.320. The summed E-state index contributed by atoms with van der Waals surface area (Å²) in [5.41, 5.74) is 4.78. The van der Waals surface area contributed by atoms with E-state index >= 15 is 0 Å². The van der Waals surface area contributed by atoms with Crippen molar-refractivity contribution in [3.05, 3.63) is 71.4 Å². The van der Waals surface area contributed by atoms with Crippen molar-refractivity contribution in [3.8, 4) is 5.75 Å². The Morgan fingerprint density at radius 2 is 1.91 bits per heavy atom. The van der Waals surface area contributed by atoms with Gasteiger partial charge in [0.05, 0.1) is 30.4 Å². The Hall–Kier alpha value is -3.53. The van der Waals surface area contributed by atoms with E-state index in [0.29, 0.717) is 19.6 Å². The fourth-order valence-corrected chi connectivity index (χ4v) is 4.41. The van der Waals surface area contributed by atoms with Gasteiger partial charge >= 0.3 is 5.97 Å². The zero-order chi connectivity index (χ0) is 24.1. The smallest absolute Gasteiger partial charge is 0.309 e. The minimum atomic E-state index is -0.844. The molecule has 3 atom stereocenters. The van der Waals surface area contributed by atoms with E-state index in [1.807, 2.05) is 49.4 Å². The van der Waals surface area contributed by atoms with Crippen molar-refractivity contribution in [3.63, 3.8) is 0 Å². The number of oxime groups is 1. The summed E-state index contributed by atoms with van der Waals surface area (Å²) in [5.74, 6) is 2.69. The Balaban J connectivity index is 0.00000133. The van der Waals surface area contributed by atoms with E-state index in [-0.39, 0.29) is 18.6 Å². The average Bonchev–Trinajstić information content (AvgIpc) is 3.54. The molecule has 3 aromatic rings. The molecule has 0 amide bonds. The Kier molecular flexibility index (Phi) is 7.36. The molecule has 178 valence electrons. The maximum atomic E-state index is 11.4. The molecule has 9 nitrogen and oxygen atoms in total. The SMILES string of the molecule is Cc1cc(COc2ccc(C3=NOC(C4COCC4C(=O)O)C3)cc2)c2ccccc2n1.NO. The van der Waals surface area contributed by atoms with Gasteiger partial charge in [-0.3, -0.25) is 9.78 Å². The summed E-state index contributed by atoms with van der Waals surface area (Å²) >= 11 is 0. The Labute approximate surface area is 196 Å². The second-order valence-electron chi connectivity index (χ2n) is 8.28. The van der Waals surface area contributed by atoms with Crippen LogP contribution in [-0.2, 0) is 21.0 Å². The predicted octanol–water partition coefficient (Wildman–Crippen LogP) is 3.30. The normalized spacial score (nSPS) is 21.4. The second kappa shape index (κ2) is 10.6. The number of hydrogen-bond acceptors (Lipinski definition) is 8. The van der Waals surface area contributed by atoms with Crippen LogP contribution < -0.4 is 10.6 Å². The van der Waals surface area contributed by atoms with Crippen LogP contribution in [0.3, 0.4) is 0 Å². The van der Waals surface area contributed by atoms with Crippen LogP contribution in [0, 0.1) is 18.8 Å². The summed E-state index contributed by atoms with van der Waals surface area (Å²) in [5, 5.41) is 21.2. The van der Waals surface area contributed by atoms with Gasteiger partial charge in [-0.25, -0.2) is 5.90 Å². The van der Waals surface area contributed by atoms with Crippen LogP contribution >= 0.6 is 0 Å². The van der Waals surface area contributed by atoms with Crippen LogP contribution in [0.4, 0.5) is 0 Å². The number of ether oxygens (including phenoxy) is 2. The molecular weight excluding hydrogens is 438 g/mol. The van der Waals surface area contributed by atoms with Crippen molar-refractivity contribution in [2.75, 3.05) is 13.2 Å². The van der Waals surface area contributed by atoms with Crippen LogP contribution in [0.1, 0.15) is 23.2 Å². The number of carboxylic acids is 1. The lowest BCUT2D eigenvalue weighted by Crippen LogP contribution is -2.32. The van der Waals surface area contributed by atoms with E-state index in [9.17, 15) is 9.90 Å². The highest BCUT2D eigenvalue weighted by Crippen LogP contribution is 2.32. The highest BCUT2D eigenvalue weighted by Gasteiger charge is 2.42. The Bertz CT molecular complexity index is 1180. The van der Waals surface area contributed by atoms with E-state index in [4.69, 9.17) is 19.5 Å². The number of nitrogens with zero attached hydrogens (tertiary/aromatic N) is 2. The van der Waals surface area contributed by atoms with E-state index < -0.39 is 11.9 Å². The van der Waals surface area contributed by atoms with Crippen molar-refractivity contribution in [2.24, 2.45) is 22.9 Å². The largest absolute Gasteiger partial charge is 0.489 e. The van der Waals surface area contributed by atoms with Crippen molar-refractivity contribution in [2.45, 2.75) is 26.1 Å². The molecule has 0 bridgehead atoms. The molecule has 9 heteroatoms. The molecule has 2 aromatic carbocycles. The van der Waals surface area contributed by atoms with Gasteiger partial charge in [0.25, 0.3) is 0 Å². The number of pyridine rings is 1. The van der Waals surface area contributed by atoms with Crippen molar-refractivity contribution in [1.29, 1.82) is 0 Å². The highest BCUT2D eigenvalue weighted by molar-refractivity contribution is 6.01. The molecule has 3 heterocycles. The quantitative estimate of drug-likeness (QED) is 0.472. The summed E-state index contributed by atoms with van der Waals surface area (Å²) in [4.78, 5) is 21.6. The van der Waals surface area contributed by atoms with Gasteiger partial charge in [0, 0.05) is 29.0 Å². The monoisotopic (exact) mass is 465 g/mol. The van der Waals surface area contributed by atoms with E-state index in [2.05, 4.69) is 28.2 Å². The average molecular weight is 466 g/mol. The molecule has 3 unspecified atom stereocenters. The minimum absolute atomic E-state index is 0.185. The maximum absolute atomic E-state index is 11.4. The lowest BCUT2D eigenvalue weighted by atomic mass is 9.87. The van der Waals surface area contributed by atoms with Crippen molar-refractivity contribution in [1.82, 2.24) is 4.98 Å². The van der Waals surface area contributed by atoms with Crippen LogP contribution in [0.15, 0.2) is 59.8 Å². The van der Waals surface area contributed by atoms with Crippen LogP contribution in [-0.4, -0.2) is 46.3 Å². The minimum Gasteiger partial charge on any atom is -0.489 e. The first-order chi connectivity index (χ1) is 16.6. The second-order valence-corrected chi connectivity index (χ2v) is 8.28. The van der Waals surface area contributed by atoms with Gasteiger partial charge < -0.3 is 24.6 Å². The molecule has 0 saturated carbocycles. The number of benzene rings is 2. The fourth-order valence-electron chi connectivity index (χ4n) is 4.41. The van der Waals surface area contributed by atoms with Crippen LogP contribution in [0.5, 0.6) is 5.75 Å². The van der Waals surface area contributed by atoms with E-state index in [1.165, 1.54) is 0 Å². The summed E-state index contributed by atoms with van der Waals surface area (Å²) in [6.07, 6.45) is 0.299.